The summed E-state index contributed by atoms with van der Waals surface area (Å²) in [5.41, 5.74) is 15.9. The lowest BCUT2D eigenvalue weighted by Crippen LogP contribution is -2.28. The molecule has 10 heteroatoms. The van der Waals surface area contributed by atoms with Crippen molar-refractivity contribution in [3.05, 3.63) is 466 Å². The van der Waals surface area contributed by atoms with Crippen LogP contribution in [-0.4, -0.2) is 22.0 Å². The second-order valence-corrected chi connectivity index (χ2v) is 27.6. The lowest BCUT2D eigenvalue weighted by molar-refractivity contribution is 0.101. The number of carbonyl (C=O) groups excluding carboxylic acids is 2. The van der Waals surface area contributed by atoms with Crippen LogP contribution in [0.25, 0.3) is 33.4 Å². The summed E-state index contributed by atoms with van der Waals surface area (Å²) in [5, 5.41) is 27.4. The summed E-state index contributed by atoms with van der Waals surface area (Å²) in [6.07, 6.45) is 0. The molecule has 0 bridgehead atoms. The van der Waals surface area contributed by atoms with E-state index in [0.717, 1.165) is 77.9 Å². The number of phenolic OH excluding ortho intramolecular Hbond substituents is 2. The van der Waals surface area contributed by atoms with Crippen molar-refractivity contribution in [3.63, 3.8) is 0 Å². The molecule has 2 amide bonds. The Hall–Kier alpha value is -16.5. The molecule has 16 aromatic carbocycles. The van der Waals surface area contributed by atoms with Gasteiger partial charge in [0.1, 0.15) is 57.5 Å². The third-order valence-corrected chi connectivity index (χ3v) is 20.0. The second kappa shape index (κ2) is 33.6. The lowest BCUT2D eigenvalue weighted by Gasteiger charge is -2.35. The third-order valence-electron chi connectivity index (χ3n) is 20.0. The van der Waals surface area contributed by atoms with Crippen LogP contribution in [0.3, 0.4) is 0 Å². The van der Waals surface area contributed by atoms with Crippen LogP contribution in [0.2, 0.25) is 0 Å². The van der Waals surface area contributed by atoms with Crippen LogP contribution in [-0.2, 0) is 5.41 Å². The van der Waals surface area contributed by atoms with Crippen LogP contribution in [0.1, 0.15) is 87.5 Å². The standard InChI is InChI=1S/C107H68N2O8/c110-99-61-47-83(67-79(99)43-39-73-23-7-1-8-24-73)105(112)108-87-51-65-101(81(69-87)45-41-75-27-11-3-12-28-75)114-89-53-57-91(58-54-89)116-103-63-49-85(71-95(103)77-31-15-5-16-32-77)107(97-37-21-19-35-93(97)94-36-20-22-38-98(94)107)86-50-64-104(96(72-86)78-33-17-6-18-34-78)117-92-59-55-90(56-60-92)115-102-66-52-88(70-82(102)46-42-76-29-13-4-14-30-76)109-106(113)84-48-62-100(111)80(68-84)44-40-74-25-9-2-10-26-74/h1-38,47-72,110-111H,(H,108,112)(H,109,113). The first-order valence-electron chi connectivity index (χ1n) is 37.9. The van der Waals surface area contributed by atoms with Crippen LogP contribution >= 0.6 is 0 Å². The molecule has 0 saturated heterocycles. The van der Waals surface area contributed by atoms with Gasteiger partial charge in [-0.15, -0.1) is 0 Å². The first-order valence-corrected chi connectivity index (χ1v) is 37.9. The zero-order chi connectivity index (χ0) is 79.3. The fourth-order valence-corrected chi connectivity index (χ4v) is 14.3. The predicted molar refractivity (Wildman–Crippen MR) is 462 cm³/mol. The van der Waals surface area contributed by atoms with Crippen molar-refractivity contribution in [2.45, 2.75) is 5.41 Å². The van der Waals surface area contributed by atoms with E-state index < -0.39 is 17.2 Å². The van der Waals surface area contributed by atoms with Gasteiger partial charge in [-0.05, 0) is 239 Å². The molecule has 554 valence electrons. The molecule has 4 N–H and O–H groups in total. The molecule has 0 heterocycles. The Bertz CT molecular complexity index is 6280. The topological polar surface area (TPSA) is 136 Å². The first-order chi connectivity index (χ1) is 57.6. The Labute approximate surface area is 678 Å². The van der Waals surface area contributed by atoms with E-state index in [9.17, 15) is 19.8 Å². The number of phenols is 2. The minimum Gasteiger partial charge on any atom is -0.507 e. The maximum Gasteiger partial charge on any atom is 0.255 e. The van der Waals surface area contributed by atoms with Crippen LogP contribution in [0.4, 0.5) is 11.4 Å². The lowest BCUT2D eigenvalue weighted by atomic mass is 9.67. The Balaban J connectivity index is 0.657. The maximum atomic E-state index is 13.8. The molecular weight excluding hydrogens is 1440 g/mol. The summed E-state index contributed by atoms with van der Waals surface area (Å²) in [6.45, 7) is 0. The predicted octanol–water partition coefficient (Wildman–Crippen LogP) is 24.1. The molecule has 10 nitrogen and oxygen atoms in total. The van der Waals surface area contributed by atoms with Crippen molar-refractivity contribution in [3.8, 4) is 138 Å². The number of nitrogens with one attached hydrogen (secondary N) is 2. The summed E-state index contributed by atoms with van der Waals surface area (Å²) in [7, 11) is 0. The van der Waals surface area contributed by atoms with Crippen molar-refractivity contribution >= 4 is 23.2 Å². The number of ether oxygens (including phenoxy) is 4. The summed E-state index contributed by atoms with van der Waals surface area (Å²) in [5.74, 6) is 28.8. The van der Waals surface area contributed by atoms with Gasteiger partial charge >= 0.3 is 0 Å². The molecule has 0 aliphatic heterocycles. The highest BCUT2D eigenvalue weighted by Gasteiger charge is 2.47. The molecule has 0 spiro atoms. The van der Waals surface area contributed by atoms with Crippen molar-refractivity contribution in [2.24, 2.45) is 0 Å². The smallest absolute Gasteiger partial charge is 0.255 e. The molecule has 1 aliphatic rings. The minimum absolute atomic E-state index is 0.0292. The molecule has 17 rings (SSSR count). The van der Waals surface area contributed by atoms with Gasteiger partial charge in [0.05, 0.1) is 27.7 Å². The summed E-state index contributed by atoms with van der Waals surface area (Å²) >= 11 is 0. The van der Waals surface area contributed by atoms with E-state index in [1.807, 2.05) is 206 Å². The van der Waals surface area contributed by atoms with Crippen LogP contribution in [0.5, 0.6) is 57.5 Å². The quantitative estimate of drug-likeness (QED) is 0.0703. The normalized spacial score (nSPS) is 11.2. The van der Waals surface area contributed by atoms with Gasteiger partial charge in [0.25, 0.3) is 11.8 Å². The summed E-state index contributed by atoms with van der Waals surface area (Å²) in [6, 6.07) is 124. The van der Waals surface area contributed by atoms with Gasteiger partial charge in [0.15, 0.2) is 0 Å². The fourth-order valence-electron chi connectivity index (χ4n) is 14.3. The van der Waals surface area contributed by atoms with Crippen molar-refractivity contribution in [1.82, 2.24) is 0 Å². The number of aromatic hydroxyl groups is 2. The van der Waals surface area contributed by atoms with E-state index in [-0.39, 0.29) is 11.5 Å². The number of benzene rings is 16. The molecule has 117 heavy (non-hydrogen) atoms. The van der Waals surface area contributed by atoms with E-state index in [1.165, 1.54) is 12.1 Å². The SMILES string of the molecule is O=C(Nc1ccc(Oc2ccc(Oc3ccc(C4(c5ccc(Oc6ccc(Oc7ccc(NC(=O)c8ccc(O)c(C#Cc9ccccc9)c8)cc7C#Cc7ccccc7)cc6)c(-c6ccccc6)c5)c5ccccc5-c5ccccc54)cc3-c3ccccc3)cc2)c(C#Cc2ccccc2)c1)c1ccc(O)c(C#Cc2ccccc2)c1. The Morgan fingerprint density at radius 1 is 0.256 bits per heavy atom. The molecule has 0 radical (unpaired) electrons. The van der Waals surface area contributed by atoms with E-state index in [0.29, 0.717) is 90.8 Å². The number of hydrogen-bond donors (Lipinski definition) is 4. The number of rotatable bonds is 16. The Kier molecular flexibility index (Phi) is 21.1. The van der Waals surface area contributed by atoms with Crippen molar-refractivity contribution in [1.29, 1.82) is 0 Å². The Morgan fingerprint density at radius 2 is 0.556 bits per heavy atom. The minimum atomic E-state index is -0.859. The van der Waals surface area contributed by atoms with Gasteiger partial charge in [0.2, 0.25) is 0 Å². The average Bonchev–Trinajstić information content (AvgIpc) is 1.55. The molecule has 0 atom stereocenters. The number of hydrogen-bond acceptors (Lipinski definition) is 8. The number of fused-ring (bicyclic) bond motifs is 3. The number of carbonyl (C=O) groups is 2. The van der Waals surface area contributed by atoms with E-state index in [2.05, 4.69) is 167 Å². The zero-order valence-electron chi connectivity index (χ0n) is 62.8. The summed E-state index contributed by atoms with van der Waals surface area (Å²) < 4.78 is 27.2. The highest BCUT2D eigenvalue weighted by atomic mass is 16.5. The second-order valence-electron chi connectivity index (χ2n) is 27.6. The van der Waals surface area contributed by atoms with Gasteiger partial charge < -0.3 is 39.8 Å². The van der Waals surface area contributed by atoms with E-state index >= 15 is 0 Å². The van der Waals surface area contributed by atoms with E-state index in [1.54, 1.807) is 60.7 Å². The molecule has 16 aromatic rings. The molecule has 0 fully saturated rings. The zero-order valence-corrected chi connectivity index (χ0v) is 62.8. The monoisotopic (exact) mass is 1510 g/mol. The maximum absolute atomic E-state index is 13.8. The Morgan fingerprint density at radius 3 is 0.906 bits per heavy atom. The largest absolute Gasteiger partial charge is 0.507 e. The van der Waals surface area contributed by atoms with Crippen LogP contribution < -0.4 is 29.6 Å². The van der Waals surface area contributed by atoms with Crippen molar-refractivity contribution < 1.29 is 38.7 Å². The highest BCUT2D eigenvalue weighted by Crippen LogP contribution is 2.58. The van der Waals surface area contributed by atoms with E-state index in [4.69, 9.17) is 18.9 Å². The first kappa shape index (κ1) is 73.3. The molecule has 1 aliphatic carbocycles. The van der Waals surface area contributed by atoms with Gasteiger partial charge in [0, 0.05) is 55.9 Å². The van der Waals surface area contributed by atoms with Crippen LogP contribution in [0.15, 0.2) is 388 Å². The van der Waals surface area contributed by atoms with Crippen molar-refractivity contribution in [2.75, 3.05) is 10.6 Å². The van der Waals surface area contributed by atoms with Gasteiger partial charge in [-0.2, -0.15) is 0 Å². The fraction of sp³-hybridized carbons (Fsp3) is 0.00935. The number of amides is 2. The average molecular weight is 1510 g/mol. The molecule has 0 unspecified atom stereocenters. The van der Waals surface area contributed by atoms with Gasteiger partial charge in [-0.3, -0.25) is 9.59 Å². The summed E-state index contributed by atoms with van der Waals surface area (Å²) in [4.78, 5) is 27.7. The third kappa shape index (κ3) is 16.5. The molecular formula is C107H68N2O8. The molecule has 0 aromatic heterocycles. The van der Waals surface area contributed by atoms with Gasteiger partial charge in [-0.1, -0.05) is 241 Å². The molecule has 0 saturated carbocycles. The number of anilines is 2. The van der Waals surface area contributed by atoms with Crippen LogP contribution in [0, 0.1) is 47.4 Å². The van der Waals surface area contributed by atoms with Gasteiger partial charge in [-0.25, -0.2) is 0 Å². The highest BCUT2D eigenvalue weighted by molar-refractivity contribution is 6.06.